The Morgan fingerprint density at radius 2 is 1.46 bits per heavy atom. The van der Waals surface area contributed by atoms with Crippen molar-refractivity contribution >= 4 is 9.84 Å². The summed E-state index contributed by atoms with van der Waals surface area (Å²) in [5.41, 5.74) is 0. The number of rotatable bonds is 1. The molecule has 0 bridgehead atoms. The van der Waals surface area contributed by atoms with E-state index in [9.17, 15) is 8.42 Å². The van der Waals surface area contributed by atoms with E-state index in [0.717, 1.165) is 0 Å². The first-order valence-corrected chi connectivity index (χ1v) is 6.16. The quantitative estimate of drug-likeness (QED) is 0.698. The van der Waals surface area contributed by atoms with Crippen LogP contribution in [0.5, 0.6) is 0 Å². The van der Waals surface area contributed by atoms with Crippen LogP contribution in [-0.4, -0.2) is 14.7 Å². The van der Waals surface area contributed by atoms with Crippen LogP contribution in [0.4, 0.5) is 0 Å². The summed E-state index contributed by atoms with van der Waals surface area (Å²) in [5.74, 6) is 0. The molecule has 0 aliphatic heterocycles. The van der Waals surface area contributed by atoms with Crippen LogP contribution in [0.2, 0.25) is 0 Å². The van der Waals surface area contributed by atoms with Crippen molar-refractivity contribution < 1.29 is 8.42 Å². The maximum absolute atomic E-state index is 10.8. The van der Waals surface area contributed by atoms with Gasteiger partial charge in [0.1, 0.15) is 0 Å². The summed E-state index contributed by atoms with van der Waals surface area (Å²) in [4.78, 5) is 0.370. The summed E-state index contributed by atoms with van der Waals surface area (Å²) < 4.78 is 21.7. The minimum absolute atomic E-state index is 0.370. The van der Waals surface area contributed by atoms with E-state index < -0.39 is 9.84 Å². The molecule has 0 aliphatic rings. The summed E-state index contributed by atoms with van der Waals surface area (Å²) in [6, 6.07) is 8.35. The molecule has 0 aliphatic carbocycles. The van der Waals surface area contributed by atoms with Gasteiger partial charge in [-0.25, -0.2) is 8.42 Å². The highest BCUT2D eigenvalue weighted by molar-refractivity contribution is 7.90. The van der Waals surface area contributed by atoms with E-state index in [1.807, 2.05) is 0 Å². The molecule has 3 heteroatoms. The number of hydrogen-bond acceptors (Lipinski definition) is 2. The summed E-state index contributed by atoms with van der Waals surface area (Å²) >= 11 is 0. The van der Waals surface area contributed by atoms with Gasteiger partial charge in [-0.3, -0.25) is 0 Å². The van der Waals surface area contributed by atoms with E-state index in [-0.39, 0.29) is 0 Å². The first-order chi connectivity index (χ1) is 6.02. The second kappa shape index (κ2) is 5.75. The predicted octanol–water partition coefficient (Wildman–Crippen LogP) is 2.51. The van der Waals surface area contributed by atoms with Crippen molar-refractivity contribution in [3.63, 3.8) is 0 Å². The molecule has 0 N–H and O–H groups in total. The fraction of sp³-hybridized carbons (Fsp3) is 0.400. The van der Waals surface area contributed by atoms with Crippen molar-refractivity contribution in [2.75, 3.05) is 6.26 Å². The van der Waals surface area contributed by atoms with Gasteiger partial charge in [0.05, 0.1) is 4.90 Å². The average Bonchev–Trinajstić information content (AvgIpc) is 2.06. The SMILES string of the molecule is CCC.CS(=O)(=O)c1ccccc1. The van der Waals surface area contributed by atoms with E-state index >= 15 is 0 Å². The lowest BCUT2D eigenvalue weighted by molar-refractivity contribution is 0.602. The summed E-state index contributed by atoms with van der Waals surface area (Å²) in [7, 11) is -3.00. The van der Waals surface area contributed by atoms with Gasteiger partial charge < -0.3 is 0 Å². The third kappa shape index (κ3) is 5.42. The maximum Gasteiger partial charge on any atom is 0.175 e. The molecular weight excluding hydrogens is 184 g/mol. The molecule has 74 valence electrons. The number of sulfone groups is 1. The van der Waals surface area contributed by atoms with Gasteiger partial charge in [0, 0.05) is 6.26 Å². The maximum atomic E-state index is 10.8. The molecule has 0 heterocycles. The third-order valence-corrected chi connectivity index (χ3v) is 2.30. The van der Waals surface area contributed by atoms with Crippen LogP contribution < -0.4 is 0 Å². The van der Waals surface area contributed by atoms with E-state index in [2.05, 4.69) is 13.8 Å². The second-order valence-electron chi connectivity index (χ2n) is 2.79. The molecule has 1 aromatic carbocycles. The Kier molecular flexibility index (Phi) is 5.39. The molecule has 0 amide bonds. The smallest absolute Gasteiger partial charge is 0.175 e. The zero-order valence-corrected chi connectivity index (χ0v) is 9.14. The molecule has 13 heavy (non-hydrogen) atoms. The van der Waals surface area contributed by atoms with Crippen molar-refractivity contribution in [2.45, 2.75) is 25.2 Å². The zero-order valence-electron chi connectivity index (χ0n) is 8.32. The van der Waals surface area contributed by atoms with E-state index in [0.29, 0.717) is 4.90 Å². The monoisotopic (exact) mass is 200 g/mol. The van der Waals surface area contributed by atoms with Crippen molar-refractivity contribution in [2.24, 2.45) is 0 Å². The molecule has 0 aromatic heterocycles. The number of hydrogen-bond donors (Lipinski definition) is 0. The molecule has 0 saturated heterocycles. The Morgan fingerprint density at radius 1 is 1.08 bits per heavy atom. The fourth-order valence-electron chi connectivity index (χ4n) is 0.668. The average molecular weight is 200 g/mol. The van der Waals surface area contributed by atoms with Gasteiger partial charge in [-0.15, -0.1) is 0 Å². The predicted molar refractivity (Wildman–Crippen MR) is 55.5 cm³/mol. The largest absolute Gasteiger partial charge is 0.224 e. The molecule has 1 aromatic rings. The van der Waals surface area contributed by atoms with Crippen LogP contribution in [-0.2, 0) is 9.84 Å². The van der Waals surface area contributed by atoms with Crippen LogP contribution in [0.15, 0.2) is 35.2 Å². The van der Waals surface area contributed by atoms with Crippen molar-refractivity contribution in [1.29, 1.82) is 0 Å². The summed E-state index contributed by atoms with van der Waals surface area (Å²) in [6.07, 6.45) is 2.45. The molecule has 0 spiro atoms. The van der Waals surface area contributed by atoms with Crippen LogP contribution in [0.1, 0.15) is 20.3 Å². The molecule has 0 radical (unpaired) electrons. The molecule has 0 fully saturated rings. The lowest BCUT2D eigenvalue weighted by Crippen LogP contribution is -1.95. The van der Waals surface area contributed by atoms with Gasteiger partial charge in [-0.1, -0.05) is 38.5 Å². The van der Waals surface area contributed by atoms with Gasteiger partial charge in [-0.05, 0) is 12.1 Å². The first-order valence-electron chi connectivity index (χ1n) is 4.27. The summed E-state index contributed by atoms with van der Waals surface area (Å²) in [5, 5.41) is 0. The van der Waals surface area contributed by atoms with Gasteiger partial charge in [0.15, 0.2) is 9.84 Å². The molecule has 1 rings (SSSR count). The molecule has 0 saturated carbocycles. The van der Waals surface area contributed by atoms with Crippen molar-refractivity contribution in [3.8, 4) is 0 Å². The van der Waals surface area contributed by atoms with E-state index in [1.165, 1.54) is 12.7 Å². The van der Waals surface area contributed by atoms with Crippen LogP contribution >= 0.6 is 0 Å². The Morgan fingerprint density at radius 3 is 1.69 bits per heavy atom. The Labute approximate surface area is 80.5 Å². The second-order valence-corrected chi connectivity index (χ2v) is 4.81. The van der Waals surface area contributed by atoms with Crippen LogP contribution in [0.25, 0.3) is 0 Å². The van der Waals surface area contributed by atoms with Gasteiger partial charge in [0.2, 0.25) is 0 Å². The van der Waals surface area contributed by atoms with Crippen LogP contribution in [0.3, 0.4) is 0 Å². The number of benzene rings is 1. The topological polar surface area (TPSA) is 34.1 Å². The van der Waals surface area contributed by atoms with Gasteiger partial charge in [-0.2, -0.15) is 0 Å². The highest BCUT2D eigenvalue weighted by atomic mass is 32.2. The first kappa shape index (κ1) is 12.2. The fourth-order valence-corrected chi connectivity index (χ4v) is 1.32. The Bertz CT molecular complexity index is 314. The Balaban J connectivity index is 0.000000424. The van der Waals surface area contributed by atoms with E-state index in [4.69, 9.17) is 0 Å². The zero-order chi connectivity index (χ0) is 10.3. The molecule has 0 atom stereocenters. The van der Waals surface area contributed by atoms with Gasteiger partial charge >= 0.3 is 0 Å². The molecule has 2 nitrogen and oxygen atoms in total. The summed E-state index contributed by atoms with van der Waals surface area (Å²) in [6.45, 7) is 4.25. The third-order valence-electron chi connectivity index (χ3n) is 1.17. The van der Waals surface area contributed by atoms with Crippen LogP contribution in [0, 0.1) is 0 Å². The minimum Gasteiger partial charge on any atom is -0.224 e. The Hall–Kier alpha value is -0.830. The molecule has 0 unspecified atom stereocenters. The van der Waals surface area contributed by atoms with Crippen molar-refractivity contribution in [3.05, 3.63) is 30.3 Å². The highest BCUT2D eigenvalue weighted by Crippen LogP contribution is 2.05. The minimum atomic E-state index is -3.00. The lowest BCUT2D eigenvalue weighted by Gasteiger charge is -1.93. The molecular formula is C10H16O2S. The normalized spacial score (nSPS) is 10.1. The van der Waals surface area contributed by atoms with Crippen molar-refractivity contribution in [1.82, 2.24) is 0 Å². The highest BCUT2D eigenvalue weighted by Gasteiger charge is 2.02. The van der Waals surface area contributed by atoms with Gasteiger partial charge in [0.25, 0.3) is 0 Å². The lowest BCUT2D eigenvalue weighted by atomic mass is 10.4. The van der Waals surface area contributed by atoms with E-state index in [1.54, 1.807) is 30.3 Å². The standard InChI is InChI=1S/C7H8O2S.C3H8/c1-10(8,9)7-5-3-2-4-6-7;1-3-2/h2-6H,1H3;3H2,1-2H3.